The molecule has 248 valence electrons. The summed E-state index contributed by atoms with van der Waals surface area (Å²) in [5.74, 6) is 2.17. The zero-order valence-corrected chi connectivity index (χ0v) is 27.4. The highest BCUT2D eigenvalue weighted by Crippen LogP contribution is 2.35. The summed E-state index contributed by atoms with van der Waals surface area (Å²) in [5.41, 5.74) is 4.56. The number of amidine groups is 1. The van der Waals surface area contributed by atoms with Crippen molar-refractivity contribution in [2.24, 2.45) is 4.99 Å². The number of carbonyl (C=O) groups is 1. The molecule has 9 nitrogen and oxygen atoms in total. The number of methoxy groups -OCH3 is 1. The molecule has 1 N–H and O–H groups in total. The van der Waals surface area contributed by atoms with Crippen molar-refractivity contribution in [1.82, 2.24) is 20.1 Å². The second-order valence-electron chi connectivity index (χ2n) is 11.3. The predicted octanol–water partition coefficient (Wildman–Crippen LogP) is 8.17. The third-order valence-electron chi connectivity index (χ3n) is 7.80. The van der Waals surface area contributed by atoms with Crippen LogP contribution in [0.15, 0.2) is 78.0 Å². The lowest BCUT2D eigenvalue weighted by atomic mass is 9.95. The number of aliphatic imine (C=N–C) groups is 1. The van der Waals surface area contributed by atoms with Crippen molar-refractivity contribution in [3.05, 3.63) is 84.2 Å². The second-order valence-corrected chi connectivity index (χ2v) is 12.4. The van der Waals surface area contributed by atoms with E-state index in [1.807, 2.05) is 36.4 Å². The Hall–Kier alpha value is -4.52. The standard InChI is InChI=1S/C34H37F3N6O3S/c1-5-23(20-38-32(44)40-33-42(17-6-18-47-33)30-19-28(45-4)15-16-29(30)22(2)3)24-7-9-25(10-8-24)31-39-21-43(41-31)26-11-13-27(14-12-26)46-34(35,36)37/h7-16,19,21-23H,5-6,17-18,20H2,1-4H3,(H,38,44). The molecule has 0 spiro atoms. The maximum absolute atomic E-state index is 13.1. The van der Waals surface area contributed by atoms with Gasteiger partial charge in [0.05, 0.1) is 12.8 Å². The largest absolute Gasteiger partial charge is 0.573 e. The Labute approximate surface area is 276 Å². The van der Waals surface area contributed by atoms with Gasteiger partial charge in [0.15, 0.2) is 11.0 Å². The van der Waals surface area contributed by atoms with Crippen LogP contribution in [-0.2, 0) is 0 Å². The first-order valence-electron chi connectivity index (χ1n) is 15.4. The molecule has 0 aliphatic carbocycles. The van der Waals surface area contributed by atoms with Gasteiger partial charge in [0.1, 0.15) is 17.8 Å². The maximum Gasteiger partial charge on any atom is 0.573 e. The van der Waals surface area contributed by atoms with E-state index in [2.05, 4.69) is 56.9 Å². The first-order valence-corrected chi connectivity index (χ1v) is 16.4. The van der Waals surface area contributed by atoms with Gasteiger partial charge in [-0.05, 0) is 60.2 Å². The maximum atomic E-state index is 13.1. The van der Waals surface area contributed by atoms with Gasteiger partial charge in [-0.15, -0.1) is 18.3 Å². The molecule has 1 fully saturated rings. The van der Waals surface area contributed by atoms with Gasteiger partial charge in [-0.25, -0.2) is 14.5 Å². The molecule has 4 aromatic rings. The highest BCUT2D eigenvalue weighted by molar-refractivity contribution is 8.14. The minimum absolute atomic E-state index is 0.0668. The van der Waals surface area contributed by atoms with Crippen molar-refractivity contribution >= 4 is 28.6 Å². The number of carbonyl (C=O) groups excluding carboxylic acids is 1. The first-order chi connectivity index (χ1) is 22.5. The Kier molecular flexibility index (Phi) is 10.7. The van der Waals surface area contributed by atoms with E-state index in [9.17, 15) is 18.0 Å². The van der Waals surface area contributed by atoms with Gasteiger partial charge in [0.25, 0.3) is 0 Å². The summed E-state index contributed by atoms with van der Waals surface area (Å²) in [6.07, 6.45) is -1.47. The Bertz CT molecular complexity index is 1690. The first kappa shape index (κ1) is 33.8. The third kappa shape index (κ3) is 8.64. The number of benzene rings is 3. The lowest BCUT2D eigenvalue weighted by molar-refractivity contribution is -0.274. The number of hydrogen-bond donors (Lipinski definition) is 1. The predicted molar refractivity (Wildman–Crippen MR) is 179 cm³/mol. The SMILES string of the molecule is CCC(CNC(=O)N=C1SCCCN1c1cc(OC)ccc1C(C)C)c1ccc(-c2ncn(-c3ccc(OC(F)(F)F)cc3)n2)cc1. The lowest BCUT2D eigenvalue weighted by Crippen LogP contribution is -2.37. The Morgan fingerprint density at radius 2 is 1.79 bits per heavy atom. The zero-order chi connectivity index (χ0) is 33.6. The van der Waals surface area contributed by atoms with E-state index in [4.69, 9.17) is 4.74 Å². The molecular weight excluding hydrogens is 629 g/mol. The Balaban J connectivity index is 1.23. The van der Waals surface area contributed by atoms with Gasteiger partial charge in [0.2, 0.25) is 0 Å². The average Bonchev–Trinajstić information content (AvgIpc) is 3.55. The molecule has 1 aromatic heterocycles. The van der Waals surface area contributed by atoms with Crippen molar-refractivity contribution in [2.75, 3.05) is 30.9 Å². The molecule has 5 rings (SSSR count). The molecule has 13 heteroatoms. The minimum atomic E-state index is -4.75. The molecule has 1 saturated heterocycles. The summed E-state index contributed by atoms with van der Waals surface area (Å²) in [4.78, 5) is 24.1. The molecule has 47 heavy (non-hydrogen) atoms. The summed E-state index contributed by atoms with van der Waals surface area (Å²) in [7, 11) is 1.65. The Morgan fingerprint density at radius 1 is 1.06 bits per heavy atom. The number of rotatable bonds is 10. The van der Waals surface area contributed by atoms with Crippen molar-refractivity contribution in [3.63, 3.8) is 0 Å². The number of aromatic nitrogens is 3. The topological polar surface area (TPSA) is 93.9 Å². The fourth-order valence-electron chi connectivity index (χ4n) is 5.31. The van der Waals surface area contributed by atoms with Gasteiger partial charge < -0.3 is 19.7 Å². The number of nitrogens with zero attached hydrogens (tertiary/aromatic N) is 5. The molecule has 0 bridgehead atoms. The molecule has 1 atom stereocenters. The molecule has 1 unspecified atom stereocenters. The van der Waals surface area contributed by atoms with Crippen LogP contribution in [0.3, 0.4) is 0 Å². The van der Waals surface area contributed by atoms with Crippen LogP contribution in [0.2, 0.25) is 0 Å². The van der Waals surface area contributed by atoms with Crippen LogP contribution < -0.4 is 19.7 Å². The van der Waals surface area contributed by atoms with Crippen molar-refractivity contribution < 1.29 is 27.4 Å². The fraction of sp³-hybridized carbons (Fsp3) is 0.353. The fourth-order valence-corrected chi connectivity index (χ4v) is 6.26. The molecule has 2 heterocycles. The molecule has 1 aliphatic rings. The van der Waals surface area contributed by atoms with Crippen molar-refractivity contribution in [1.29, 1.82) is 0 Å². The number of urea groups is 1. The van der Waals surface area contributed by atoms with E-state index < -0.39 is 6.36 Å². The van der Waals surface area contributed by atoms with Crippen LogP contribution in [-0.4, -0.2) is 58.3 Å². The number of halogens is 3. The van der Waals surface area contributed by atoms with Crippen molar-refractivity contribution in [2.45, 2.75) is 51.8 Å². The number of alkyl halides is 3. The lowest BCUT2D eigenvalue weighted by Gasteiger charge is -2.32. The smallest absolute Gasteiger partial charge is 0.497 e. The molecule has 0 saturated carbocycles. The van der Waals surface area contributed by atoms with Crippen LogP contribution in [0.25, 0.3) is 17.1 Å². The second kappa shape index (κ2) is 14.9. The quantitative estimate of drug-likeness (QED) is 0.183. The molecule has 3 aromatic carbocycles. The van der Waals surface area contributed by atoms with E-state index >= 15 is 0 Å². The third-order valence-corrected chi connectivity index (χ3v) is 8.86. The number of anilines is 1. The number of hydrogen-bond acceptors (Lipinski definition) is 6. The molecule has 0 radical (unpaired) electrons. The van der Waals surface area contributed by atoms with Gasteiger partial charge in [-0.2, -0.15) is 4.99 Å². The van der Waals surface area contributed by atoms with E-state index in [1.54, 1.807) is 18.9 Å². The summed E-state index contributed by atoms with van der Waals surface area (Å²) in [6.45, 7) is 7.56. The van der Waals surface area contributed by atoms with Crippen LogP contribution >= 0.6 is 11.8 Å². The van der Waals surface area contributed by atoms with Gasteiger partial charge in [0, 0.05) is 42.1 Å². The highest BCUT2D eigenvalue weighted by atomic mass is 32.2. The average molecular weight is 667 g/mol. The monoisotopic (exact) mass is 666 g/mol. The van der Waals surface area contributed by atoms with E-state index in [0.29, 0.717) is 29.1 Å². The van der Waals surface area contributed by atoms with E-state index in [-0.39, 0.29) is 17.7 Å². The van der Waals surface area contributed by atoms with E-state index in [1.165, 1.54) is 40.8 Å². The summed E-state index contributed by atoms with van der Waals surface area (Å²) >= 11 is 1.58. The van der Waals surface area contributed by atoms with Crippen molar-refractivity contribution in [3.8, 4) is 28.6 Å². The molecule has 1 aliphatic heterocycles. The molecular formula is C34H37F3N6O3S. The number of amides is 2. The van der Waals surface area contributed by atoms with Gasteiger partial charge >= 0.3 is 12.4 Å². The number of thioether (sulfide) groups is 1. The molecule has 2 amide bonds. The highest BCUT2D eigenvalue weighted by Gasteiger charge is 2.31. The van der Waals surface area contributed by atoms with Crippen LogP contribution in [0.5, 0.6) is 11.5 Å². The number of ether oxygens (including phenoxy) is 2. The van der Waals surface area contributed by atoms with Gasteiger partial charge in [-0.1, -0.05) is 62.9 Å². The zero-order valence-electron chi connectivity index (χ0n) is 26.6. The summed E-state index contributed by atoms with van der Waals surface area (Å²) in [5, 5.41) is 8.16. The normalized spacial score (nSPS) is 15.1. The van der Waals surface area contributed by atoms with Crippen LogP contribution in [0, 0.1) is 0 Å². The van der Waals surface area contributed by atoms with E-state index in [0.717, 1.165) is 47.7 Å². The minimum Gasteiger partial charge on any atom is -0.497 e. The number of nitrogens with one attached hydrogen (secondary N) is 1. The summed E-state index contributed by atoms with van der Waals surface area (Å²) < 4.78 is 48.3. The van der Waals surface area contributed by atoms with Crippen LogP contribution in [0.1, 0.15) is 56.6 Å². The Morgan fingerprint density at radius 3 is 2.45 bits per heavy atom. The van der Waals surface area contributed by atoms with Gasteiger partial charge in [-0.3, -0.25) is 0 Å². The summed E-state index contributed by atoms with van der Waals surface area (Å²) in [6, 6.07) is 18.9. The van der Waals surface area contributed by atoms with Crippen LogP contribution in [0.4, 0.5) is 23.7 Å².